The molecule has 1 N–H and O–H groups in total. The van der Waals surface area contributed by atoms with Crippen LogP contribution in [-0.4, -0.2) is 22.9 Å². The van der Waals surface area contributed by atoms with Crippen molar-refractivity contribution in [3.05, 3.63) is 17.5 Å². The second kappa shape index (κ2) is 6.04. The summed E-state index contributed by atoms with van der Waals surface area (Å²) in [6.07, 6.45) is 3.54. The molecule has 0 aliphatic rings. The summed E-state index contributed by atoms with van der Waals surface area (Å²) in [6, 6.07) is 2.80. The first-order chi connectivity index (χ1) is 7.52. The molecule has 3 heteroatoms. The van der Waals surface area contributed by atoms with Crippen LogP contribution in [-0.2, 0) is 13.5 Å². The maximum Gasteiger partial charge on any atom is 0.0596 e. The van der Waals surface area contributed by atoms with Crippen molar-refractivity contribution in [2.75, 3.05) is 7.05 Å². The summed E-state index contributed by atoms with van der Waals surface area (Å²) >= 11 is 0. The topological polar surface area (TPSA) is 29.9 Å². The average molecular weight is 223 g/mol. The lowest BCUT2D eigenvalue weighted by atomic mass is 9.99. The highest BCUT2D eigenvalue weighted by atomic mass is 15.3. The molecule has 0 saturated carbocycles. The van der Waals surface area contributed by atoms with Crippen molar-refractivity contribution in [2.45, 2.75) is 46.1 Å². The van der Waals surface area contributed by atoms with Gasteiger partial charge in [-0.15, -0.1) is 0 Å². The molecule has 1 rings (SSSR count). The minimum Gasteiger partial charge on any atom is -0.317 e. The van der Waals surface area contributed by atoms with Crippen molar-refractivity contribution < 1.29 is 0 Å². The Labute approximate surface area is 99.2 Å². The van der Waals surface area contributed by atoms with Gasteiger partial charge in [-0.25, -0.2) is 0 Å². The average Bonchev–Trinajstić information content (AvgIpc) is 2.51. The molecule has 1 atom stereocenters. The van der Waals surface area contributed by atoms with E-state index in [1.807, 2.05) is 18.7 Å². The number of nitrogens with one attached hydrogen (secondary N) is 1. The first-order valence-electron chi connectivity index (χ1n) is 6.19. The Morgan fingerprint density at radius 3 is 2.56 bits per heavy atom. The van der Waals surface area contributed by atoms with E-state index in [0.29, 0.717) is 6.04 Å². The summed E-state index contributed by atoms with van der Waals surface area (Å²) in [5.41, 5.74) is 2.45. The third kappa shape index (κ3) is 3.97. The van der Waals surface area contributed by atoms with Crippen molar-refractivity contribution >= 4 is 0 Å². The van der Waals surface area contributed by atoms with Gasteiger partial charge in [0.1, 0.15) is 0 Å². The lowest BCUT2D eigenvalue weighted by molar-refractivity contribution is 0.418. The molecular formula is C13H25N3. The molecule has 0 radical (unpaired) electrons. The van der Waals surface area contributed by atoms with Crippen molar-refractivity contribution in [1.29, 1.82) is 0 Å². The Balaban J connectivity index is 2.46. The maximum absolute atomic E-state index is 4.37. The molecule has 0 aliphatic carbocycles. The molecule has 16 heavy (non-hydrogen) atoms. The van der Waals surface area contributed by atoms with Crippen LogP contribution >= 0.6 is 0 Å². The van der Waals surface area contributed by atoms with E-state index in [2.05, 4.69) is 37.4 Å². The van der Waals surface area contributed by atoms with Gasteiger partial charge in [0, 0.05) is 18.8 Å². The summed E-state index contributed by atoms with van der Waals surface area (Å²) in [7, 11) is 4.08. The third-order valence-electron chi connectivity index (χ3n) is 3.01. The summed E-state index contributed by atoms with van der Waals surface area (Å²) in [5.74, 6) is 0.755. The van der Waals surface area contributed by atoms with Crippen LogP contribution in [0.15, 0.2) is 6.07 Å². The Bertz CT molecular complexity index is 315. The molecule has 1 aromatic heterocycles. The largest absolute Gasteiger partial charge is 0.317 e. The molecule has 0 aliphatic heterocycles. The quantitative estimate of drug-likeness (QED) is 0.802. The van der Waals surface area contributed by atoms with Crippen LogP contribution in [0.25, 0.3) is 0 Å². The van der Waals surface area contributed by atoms with E-state index in [0.717, 1.165) is 18.0 Å². The smallest absolute Gasteiger partial charge is 0.0596 e. The Kier molecular flexibility index (Phi) is 5.00. The number of hydrogen-bond acceptors (Lipinski definition) is 2. The van der Waals surface area contributed by atoms with Crippen molar-refractivity contribution in [1.82, 2.24) is 15.1 Å². The summed E-state index contributed by atoms with van der Waals surface area (Å²) in [6.45, 7) is 6.60. The number of hydrogen-bond donors (Lipinski definition) is 1. The standard InChI is InChI=1S/C13H25N3/c1-10(2)8-12(14-4)6-7-13-9-11(3)15-16(13)5/h9-10,12,14H,6-8H2,1-5H3. The maximum atomic E-state index is 4.37. The van der Waals surface area contributed by atoms with Crippen molar-refractivity contribution in [3.8, 4) is 0 Å². The fourth-order valence-corrected chi connectivity index (χ4v) is 2.17. The molecule has 0 bridgehead atoms. The van der Waals surface area contributed by atoms with E-state index in [4.69, 9.17) is 0 Å². The summed E-state index contributed by atoms with van der Waals surface area (Å²) in [5, 5.41) is 7.77. The Morgan fingerprint density at radius 2 is 2.12 bits per heavy atom. The van der Waals surface area contributed by atoms with E-state index in [-0.39, 0.29) is 0 Å². The van der Waals surface area contributed by atoms with Crippen LogP contribution in [0, 0.1) is 12.8 Å². The van der Waals surface area contributed by atoms with Gasteiger partial charge in [0.25, 0.3) is 0 Å². The van der Waals surface area contributed by atoms with E-state index >= 15 is 0 Å². The zero-order valence-electron chi connectivity index (χ0n) is 11.2. The van der Waals surface area contributed by atoms with E-state index in [1.165, 1.54) is 18.5 Å². The lowest BCUT2D eigenvalue weighted by Crippen LogP contribution is -2.27. The zero-order chi connectivity index (χ0) is 12.1. The highest BCUT2D eigenvalue weighted by molar-refractivity contribution is 5.08. The van der Waals surface area contributed by atoms with Crippen LogP contribution in [0.5, 0.6) is 0 Å². The lowest BCUT2D eigenvalue weighted by Gasteiger charge is -2.18. The van der Waals surface area contributed by atoms with E-state index in [9.17, 15) is 0 Å². The van der Waals surface area contributed by atoms with Crippen LogP contribution in [0.2, 0.25) is 0 Å². The first-order valence-corrected chi connectivity index (χ1v) is 6.19. The predicted octanol–water partition coefficient (Wildman–Crippen LogP) is 2.30. The molecule has 0 aromatic carbocycles. The highest BCUT2D eigenvalue weighted by Crippen LogP contribution is 2.12. The first kappa shape index (κ1) is 13.2. The number of nitrogens with zero attached hydrogens (tertiary/aromatic N) is 2. The number of aromatic nitrogens is 2. The molecule has 1 unspecified atom stereocenters. The van der Waals surface area contributed by atoms with Gasteiger partial charge in [-0.3, -0.25) is 4.68 Å². The SMILES string of the molecule is CNC(CCc1cc(C)nn1C)CC(C)C. The fraction of sp³-hybridized carbons (Fsp3) is 0.769. The minimum absolute atomic E-state index is 0.621. The molecule has 0 fully saturated rings. The fourth-order valence-electron chi connectivity index (χ4n) is 2.17. The summed E-state index contributed by atoms with van der Waals surface area (Å²) < 4.78 is 2.00. The zero-order valence-corrected chi connectivity index (χ0v) is 11.2. The number of aryl methyl sites for hydroxylation is 3. The molecule has 3 nitrogen and oxygen atoms in total. The van der Waals surface area contributed by atoms with Crippen molar-refractivity contribution in [2.24, 2.45) is 13.0 Å². The van der Waals surface area contributed by atoms with Crippen LogP contribution in [0.4, 0.5) is 0 Å². The second-order valence-electron chi connectivity index (χ2n) is 5.05. The summed E-state index contributed by atoms with van der Waals surface area (Å²) in [4.78, 5) is 0. The van der Waals surface area contributed by atoms with Gasteiger partial charge in [0.05, 0.1) is 5.69 Å². The van der Waals surface area contributed by atoms with Gasteiger partial charge in [-0.05, 0) is 45.2 Å². The van der Waals surface area contributed by atoms with Gasteiger partial charge >= 0.3 is 0 Å². The Morgan fingerprint density at radius 1 is 1.44 bits per heavy atom. The molecule has 0 saturated heterocycles. The van der Waals surface area contributed by atoms with Gasteiger partial charge < -0.3 is 5.32 Å². The third-order valence-corrected chi connectivity index (χ3v) is 3.01. The molecular weight excluding hydrogens is 198 g/mol. The molecule has 92 valence electrons. The van der Waals surface area contributed by atoms with Gasteiger partial charge in [-0.1, -0.05) is 13.8 Å². The Hall–Kier alpha value is -0.830. The molecule has 0 spiro atoms. The second-order valence-corrected chi connectivity index (χ2v) is 5.05. The van der Waals surface area contributed by atoms with Crippen molar-refractivity contribution in [3.63, 3.8) is 0 Å². The predicted molar refractivity (Wildman–Crippen MR) is 68.6 cm³/mol. The molecule has 1 aromatic rings. The van der Waals surface area contributed by atoms with Crippen LogP contribution in [0.1, 0.15) is 38.1 Å². The molecule has 1 heterocycles. The van der Waals surface area contributed by atoms with Crippen LogP contribution < -0.4 is 5.32 Å². The van der Waals surface area contributed by atoms with Crippen LogP contribution in [0.3, 0.4) is 0 Å². The number of rotatable bonds is 6. The normalized spacial score (nSPS) is 13.4. The van der Waals surface area contributed by atoms with Gasteiger partial charge in [0.2, 0.25) is 0 Å². The minimum atomic E-state index is 0.621. The van der Waals surface area contributed by atoms with Gasteiger partial charge in [0.15, 0.2) is 0 Å². The highest BCUT2D eigenvalue weighted by Gasteiger charge is 2.10. The van der Waals surface area contributed by atoms with E-state index < -0.39 is 0 Å². The van der Waals surface area contributed by atoms with Gasteiger partial charge in [-0.2, -0.15) is 5.10 Å². The molecule has 0 amide bonds. The monoisotopic (exact) mass is 223 g/mol. The van der Waals surface area contributed by atoms with E-state index in [1.54, 1.807) is 0 Å².